The zero-order chi connectivity index (χ0) is 11.2. The van der Waals surface area contributed by atoms with Crippen molar-refractivity contribution >= 4 is 17.4 Å². The van der Waals surface area contributed by atoms with Crippen molar-refractivity contribution in [2.24, 2.45) is 0 Å². The van der Waals surface area contributed by atoms with Crippen molar-refractivity contribution in [3.8, 4) is 0 Å². The Balaban J connectivity index is 1.87. The molecule has 0 aliphatic rings. The highest BCUT2D eigenvalue weighted by Gasteiger charge is 1.96. The molecule has 0 spiro atoms. The van der Waals surface area contributed by atoms with Crippen LogP contribution in [0.5, 0.6) is 0 Å². The molecule has 0 fully saturated rings. The molecule has 0 amide bonds. The molecule has 0 heterocycles. The van der Waals surface area contributed by atoms with E-state index in [-0.39, 0.29) is 0 Å². The fourth-order valence-corrected chi connectivity index (χ4v) is 2.23. The first kappa shape index (κ1) is 11.1. The van der Waals surface area contributed by atoms with E-state index in [0.29, 0.717) is 0 Å². The Kier molecular flexibility index (Phi) is 3.89. The summed E-state index contributed by atoms with van der Waals surface area (Å²) >= 11 is 1.81. The van der Waals surface area contributed by atoms with E-state index in [1.807, 2.05) is 17.8 Å². The number of benzene rings is 2. The van der Waals surface area contributed by atoms with Gasteiger partial charge in [-0.25, -0.2) is 0 Å². The third-order valence-corrected chi connectivity index (χ3v) is 3.28. The number of thioether (sulfide) groups is 1. The number of hydrogen-bond acceptors (Lipinski definition) is 2. The van der Waals surface area contributed by atoms with Crippen LogP contribution in [-0.2, 0) is 0 Å². The Hall–Kier alpha value is -1.41. The maximum absolute atomic E-state index is 3.42. The summed E-state index contributed by atoms with van der Waals surface area (Å²) in [6.07, 6.45) is 0. The lowest BCUT2D eigenvalue weighted by Crippen LogP contribution is -1.98. The minimum absolute atomic E-state index is 0.898. The molecule has 2 rings (SSSR count). The van der Waals surface area contributed by atoms with Crippen molar-refractivity contribution in [2.45, 2.75) is 11.8 Å². The second-order valence-corrected chi connectivity index (χ2v) is 4.64. The Morgan fingerprint density at radius 3 is 2.38 bits per heavy atom. The summed E-state index contributed by atoms with van der Waals surface area (Å²) in [5.41, 5.74) is 2.50. The molecule has 0 aromatic heterocycles. The van der Waals surface area contributed by atoms with Gasteiger partial charge in [0, 0.05) is 10.6 Å². The first-order valence-corrected chi connectivity index (χ1v) is 6.32. The van der Waals surface area contributed by atoms with Gasteiger partial charge in [-0.15, -0.1) is 11.8 Å². The molecule has 16 heavy (non-hydrogen) atoms. The summed E-state index contributed by atoms with van der Waals surface area (Å²) < 4.78 is 0. The van der Waals surface area contributed by atoms with Crippen molar-refractivity contribution in [1.82, 2.24) is 0 Å². The molecule has 0 saturated carbocycles. The van der Waals surface area contributed by atoms with Crippen molar-refractivity contribution in [3.63, 3.8) is 0 Å². The molecule has 0 radical (unpaired) electrons. The van der Waals surface area contributed by atoms with Gasteiger partial charge in [-0.1, -0.05) is 36.4 Å². The average Bonchev–Trinajstić information content (AvgIpc) is 2.33. The molecule has 2 heteroatoms. The largest absolute Gasteiger partial charge is 0.375 e. The first-order chi connectivity index (χ1) is 7.86. The molecule has 0 unspecified atom stereocenters. The zero-order valence-corrected chi connectivity index (χ0v) is 10.1. The van der Waals surface area contributed by atoms with Gasteiger partial charge >= 0.3 is 0 Å². The second-order valence-electron chi connectivity index (χ2n) is 3.59. The molecule has 82 valence electrons. The summed E-state index contributed by atoms with van der Waals surface area (Å²) in [6.45, 7) is 2.12. The van der Waals surface area contributed by atoms with Crippen LogP contribution in [0.25, 0.3) is 0 Å². The van der Waals surface area contributed by atoms with E-state index < -0.39 is 0 Å². The standard InChI is InChI=1S/C14H15NS/c1-12-7-5-6-10-14(12)15-11-16-13-8-3-2-4-9-13/h2-10,15H,11H2,1H3. The molecule has 0 saturated heterocycles. The third kappa shape index (κ3) is 3.04. The Morgan fingerprint density at radius 1 is 0.938 bits per heavy atom. The number of aryl methyl sites for hydroxylation is 1. The van der Waals surface area contributed by atoms with Gasteiger partial charge in [-0.05, 0) is 30.7 Å². The SMILES string of the molecule is Cc1ccccc1NCSc1ccccc1. The number of rotatable bonds is 4. The lowest BCUT2D eigenvalue weighted by Gasteiger charge is -2.08. The molecular formula is C14H15NS. The van der Waals surface area contributed by atoms with E-state index in [2.05, 4.69) is 60.8 Å². The van der Waals surface area contributed by atoms with Crippen LogP contribution >= 0.6 is 11.8 Å². The number of anilines is 1. The molecule has 1 nitrogen and oxygen atoms in total. The Labute approximate surface area is 101 Å². The number of hydrogen-bond donors (Lipinski definition) is 1. The molecule has 1 N–H and O–H groups in total. The van der Waals surface area contributed by atoms with Crippen LogP contribution in [0, 0.1) is 6.92 Å². The molecule has 2 aromatic rings. The van der Waals surface area contributed by atoms with Crippen molar-refractivity contribution < 1.29 is 0 Å². The van der Waals surface area contributed by atoms with Crippen molar-refractivity contribution in [3.05, 3.63) is 60.2 Å². The van der Waals surface area contributed by atoms with Crippen LogP contribution < -0.4 is 5.32 Å². The lowest BCUT2D eigenvalue weighted by atomic mass is 10.2. The van der Waals surface area contributed by atoms with E-state index in [1.165, 1.54) is 16.1 Å². The predicted molar refractivity (Wildman–Crippen MR) is 72.0 cm³/mol. The van der Waals surface area contributed by atoms with Gasteiger partial charge in [0.15, 0.2) is 0 Å². The maximum Gasteiger partial charge on any atom is 0.0657 e. The van der Waals surface area contributed by atoms with E-state index >= 15 is 0 Å². The van der Waals surface area contributed by atoms with Gasteiger partial charge in [-0.2, -0.15) is 0 Å². The first-order valence-electron chi connectivity index (χ1n) is 5.33. The molecule has 2 aromatic carbocycles. The van der Waals surface area contributed by atoms with Crippen LogP contribution in [0.4, 0.5) is 5.69 Å². The number of nitrogens with one attached hydrogen (secondary N) is 1. The van der Waals surface area contributed by atoms with Crippen LogP contribution in [-0.4, -0.2) is 5.88 Å². The van der Waals surface area contributed by atoms with Gasteiger partial charge in [-0.3, -0.25) is 0 Å². The normalized spacial score (nSPS) is 10.1. The molecule has 0 aliphatic heterocycles. The summed E-state index contributed by atoms with van der Waals surface area (Å²) in [4.78, 5) is 1.29. The van der Waals surface area contributed by atoms with Crippen LogP contribution in [0.3, 0.4) is 0 Å². The molecule has 0 atom stereocenters. The zero-order valence-electron chi connectivity index (χ0n) is 9.31. The summed E-state index contributed by atoms with van der Waals surface area (Å²) in [6, 6.07) is 18.8. The summed E-state index contributed by atoms with van der Waals surface area (Å²) in [5.74, 6) is 0.898. The molecular weight excluding hydrogens is 214 g/mol. The van der Waals surface area contributed by atoms with Gasteiger partial charge in [0.2, 0.25) is 0 Å². The molecule has 0 aliphatic carbocycles. The van der Waals surface area contributed by atoms with E-state index in [0.717, 1.165) is 5.88 Å². The third-order valence-electron chi connectivity index (χ3n) is 2.39. The predicted octanol–water partition coefficient (Wildman–Crippen LogP) is 4.16. The maximum atomic E-state index is 3.42. The minimum Gasteiger partial charge on any atom is -0.375 e. The van der Waals surface area contributed by atoms with E-state index in [9.17, 15) is 0 Å². The summed E-state index contributed by atoms with van der Waals surface area (Å²) in [7, 11) is 0. The monoisotopic (exact) mass is 229 g/mol. The van der Waals surface area contributed by atoms with Gasteiger partial charge in [0.1, 0.15) is 0 Å². The van der Waals surface area contributed by atoms with Gasteiger partial charge < -0.3 is 5.32 Å². The Morgan fingerprint density at radius 2 is 1.62 bits per heavy atom. The smallest absolute Gasteiger partial charge is 0.0657 e. The fraction of sp³-hybridized carbons (Fsp3) is 0.143. The van der Waals surface area contributed by atoms with Crippen molar-refractivity contribution in [2.75, 3.05) is 11.2 Å². The van der Waals surface area contributed by atoms with Crippen molar-refractivity contribution in [1.29, 1.82) is 0 Å². The highest BCUT2D eigenvalue weighted by Crippen LogP contribution is 2.19. The van der Waals surface area contributed by atoms with Gasteiger partial charge in [0.25, 0.3) is 0 Å². The van der Waals surface area contributed by atoms with Gasteiger partial charge in [0.05, 0.1) is 5.88 Å². The van der Waals surface area contributed by atoms with Crippen LogP contribution in [0.1, 0.15) is 5.56 Å². The highest BCUT2D eigenvalue weighted by molar-refractivity contribution is 7.99. The molecule has 0 bridgehead atoms. The second kappa shape index (κ2) is 5.61. The topological polar surface area (TPSA) is 12.0 Å². The minimum atomic E-state index is 0.898. The highest BCUT2D eigenvalue weighted by atomic mass is 32.2. The Bertz CT molecular complexity index is 439. The van der Waals surface area contributed by atoms with Crippen LogP contribution in [0.2, 0.25) is 0 Å². The average molecular weight is 229 g/mol. The summed E-state index contributed by atoms with van der Waals surface area (Å²) in [5, 5.41) is 3.42. The van der Waals surface area contributed by atoms with E-state index in [1.54, 1.807) is 0 Å². The van der Waals surface area contributed by atoms with Crippen LogP contribution in [0.15, 0.2) is 59.5 Å². The number of para-hydroxylation sites is 1. The van der Waals surface area contributed by atoms with E-state index in [4.69, 9.17) is 0 Å². The lowest BCUT2D eigenvalue weighted by molar-refractivity contribution is 1.37. The quantitative estimate of drug-likeness (QED) is 0.624. The fourth-order valence-electron chi connectivity index (χ4n) is 1.49.